The Hall–Kier alpha value is -4.01. The largest absolute Gasteiger partial charge is 0.481 e. The summed E-state index contributed by atoms with van der Waals surface area (Å²) in [5, 5.41) is 32.9. The summed E-state index contributed by atoms with van der Waals surface area (Å²) in [6, 6.07) is 15.5. The third-order valence-electron chi connectivity index (χ3n) is 7.20. The van der Waals surface area contributed by atoms with E-state index in [-0.39, 0.29) is 36.5 Å². The molecule has 3 atom stereocenters. The van der Waals surface area contributed by atoms with Crippen molar-refractivity contribution in [2.24, 2.45) is 0 Å². The minimum absolute atomic E-state index is 0.0864. The highest BCUT2D eigenvalue weighted by Crippen LogP contribution is 2.42. The van der Waals surface area contributed by atoms with Gasteiger partial charge in [-0.25, -0.2) is 4.39 Å². The van der Waals surface area contributed by atoms with Gasteiger partial charge in [-0.3, -0.25) is 9.59 Å². The van der Waals surface area contributed by atoms with Gasteiger partial charge in [0.1, 0.15) is 5.82 Å². The van der Waals surface area contributed by atoms with Gasteiger partial charge < -0.3 is 25.2 Å². The molecule has 1 unspecified atom stereocenters. The standard InChI is InChI=1S/C33H37FN2O5/c1-21(2)31-30(33(41)35-25-11-7-4-8-12-25)29(22-9-5-3-6-10-22)32(23-13-15-24(34)16-14-23)36(31)18-17-26(37)19-27(38)20-28(39)40/h3-11,13-16,21,25-27,37-38H,12,17-20H2,1-2H3,(H,35,41)(H,39,40)/t25?,26-,27-/m1/s1. The smallest absolute Gasteiger partial charge is 0.305 e. The van der Waals surface area contributed by atoms with Crippen LogP contribution in [0.15, 0.2) is 78.9 Å². The quantitative estimate of drug-likeness (QED) is 0.228. The molecule has 0 saturated heterocycles. The van der Waals surface area contributed by atoms with E-state index in [1.165, 1.54) is 12.1 Å². The van der Waals surface area contributed by atoms with Crippen LogP contribution in [-0.4, -0.2) is 50.0 Å². The molecule has 41 heavy (non-hydrogen) atoms. The molecular formula is C33H37FN2O5. The maximum absolute atomic E-state index is 14.1. The fraction of sp³-hybridized carbons (Fsp3) is 0.333. The fourth-order valence-electron chi connectivity index (χ4n) is 5.42. The number of aromatic nitrogens is 1. The number of benzene rings is 2. The average molecular weight is 561 g/mol. The Morgan fingerprint density at radius 3 is 2.32 bits per heavy atom. The van der Waals surface area contributed by atoms with Crippen LogP contribution in [0.3, 0.4) is 0 Å². The van der Waals surface area contributed by atoms with Crippen molar-refractivity contribution in [3.05, 3.63) is 96.0 Å². The number of aliphatic hydroxyl groups is 2. The number of carboxylic acids is 1. The molecule has 3 aromatic rings. The maximum Gasteiger partial charge on any atom is 0.305 e. The Kier molecular flexibility index (Phi) is 9.91. The summed E-state index contributed by atoms with van der Waals surface area (Å²) < 4.78 is 16.0. The first-order chi connectivity index (χ1) is 19.7. The van der Waals surface area contributed by atoms with Crippen molar-refractivity contribution in [1.29, 1.82) is 0 Å². The molecule has 1 aromatic heterocycles. The molecule has 2 aromatic carbocycles. The Morgan fingerprint density at radius 1 is 1.00 bits per heavy atom. The predicted octanol–water partition coefficient (Wildman–Crippen LogP) is 5.68. The number of aliphatic hydroxyl groups excluding tert-OH is 2. The van der Waals surface area contributed by atoms with E-state index in [4.69, 9.17) is 5.11 Å². The van der Waals surface area contributed by atoms with E-state index in [2.05, 4.69) is 5.32 Å². The van der Waals surface area contributed by atoms with Gasteiger partial charge in [-0.15, -0.1) is 0 Å². The summed E-state index contributed by atoms with van der Waals surface area (Å²) in [4.78, 5) is 25.1. The maximum atomic E-state index is 14.1. The summed E-state index contributed by atoms with van der Waals surface area (Å²) in [6.07, 6.45) is 6.01. The summed E-state index contributed by atoms with van der Waals surface area (Å²) in [7, 11) is 0. The van der Waals surface area contributed by atoms with Crippen LogP contribution in [0.25, 0.3) is 22.4 Å². The molecule has 216 valence electrons. The number of aliphatic carboxylic acids is 1. The van der Waals surface area contributed by atoms with Crippen LogP contribution in [0.4, 0.5) is 4.39 Å². The molecule has 0 radical (unpaired) electrons. The van der Waals surface area contributed by atoms with E-state index in [0.717, 1.165) is 17.0 Å². The summed E-state index contributed by atoms with van der Waals surface area (Å²) in [5.74, 6) is -1.83. The molecule has 4 N–H and O–H groups in total. The molecule has 0 spiro atoms. The highest BCUT2D eigenvalue weighted by Gasteiger charge is 2.31. The van der Waals surface area contributed by atoms with Gasteiger partial charge in [0.2, 0.25) is 0 Å². The molecule has 1 heterocycles. The van der Waals surface area contributed by atoms with Crippen molar-refractivity contribution in [3.8, 4) is 22.4 Å². The number of amides is 1. The number of carboxylic acid groups (broad SMARTS) is 1. The van der Waals surface area contributed by atoms with Crippen molar-refractivity contribution in [2.45, 2.75) is 70.2 Å². The highest BCUT2D eigenvalue weighted by molar-refractivity contribution is 6.06. The topological polar surface area (TPSA) is 112 Å². The number of nitrogens with zero attached hydrogens (tertiary/aromatic N) is 1. The van der Waals surface area contributed by atoms with Gasteiger partial charge in [0.25, 0.3) is 5.91 Å². The second kappa shape index (κ2) is 13.6. The van der Waals surface area contributed by atoms with Crippen LogP contribution < -0.4 is 5.32 Å². The number of hydrogen-bond acceptors (Lipinski definition) is 4. The third kappa shape index (κ3) is 7.39. The second-order valence-electron chi connectivity index (χ2n) is 10.7. The monoisotopic (exact) mass is 560 g/mol. The van der Waals surface area contributed by atoms with E-state index in [0.29, 0.717) is 29.7 Å². The zero-order valence-electron chi connectivity index (χ0n) is 23.3. The van der Waals surface area contributed by atoms with Crippen LogP contribution >= 0.6 is 0 Å². The van der Waals surface area contributed by atoms with Gasteiger partial charge in [0.15, 0.2) is 0 Å². The van der Waals surface area contributed by atoms with E-state index in [1.54, 1.807) is 12.1 Å². The van der Waals surface area contributed by atoms with Crippen molar-refractivity contribution < 1.29 is 29.3 Å². The summed E-state index contributed by atoms with van der Waals surface area (Å²) in [5.41, 5.74) is 4.28. The zero-order valence-corrected chi connectivity index (χ0v) is 23.3. The molecule has 7 nitrogen and oxygen atoms in total. The Morgan fingerprint density at radius 2 is 1.71 bits per heavy atom. The molecule has 1 amide bonds. The average Bonchev–Trinajstić information content (AvgIpc) is 3.28. The molecule has 1 aliphatic carbocycles. The van der Waals surface area contributed by atoms with Crippen LogP contribution in [0.2, 0.25) is 0 Å². The molecular weight excluding hydrogens is 523 g/mol. The number of halogens is 1. The van der Waals surface area contributed by atoms with Crippen molar-refractivity contribution in [1.82, 2.24) is 9.88 Å². The minimum atomic E-state index is -1.17. The first-order valence-corrected chi connectivity index (χ1v) is 14.0. The second-order valence-corrected chi connectivity index (χ2v) is 10.7. The number of carbonyl (C=O) groups is 2. The highest BCUT2D eigenvalue weighted by atomic mass is 19.1. The van der Waals surface area contributed by atoms with Crippen molar-refractivity contribution in [3.63, 3.8) is 0 Å². The van der Waals surface area contributed by atoms with E-state index in [9.17, 15) is 24.2 Å². The lowest BCUT2D eigenvalue weighted by molar-refractivity contribution is -0.139. The number of allylic oxidation sites excluding steroid dienone is 2. The van der Waals surface area contributed by atoms with Crippen molar-refractivity contribution in [2.75, 3.05) is 0 Å². The number of carbonyl (C=O) groups excluding carboxylic acids is 1. The Balaban J connectivity index is 1.86. The van der Waals surface area contributed by atoms with Gasteiger partial charge in [-0.05, 0) is 60.6 Å². The van der Waals surface area contributed by atoms with E-state index >= 15 is 0 Å². The molecule has 0 aliphatic heterocycles. The SMILES string of the molecule is CC(C)c1c(C(=O)NC2C=CC=CC2)c(-c2ccccc2)c(-c2ccc(F)cc2)n1CC[C@@H](O)C[C@@H](O)CC(=O)O. The molecule has 1 aliphatic rings. The van der Waals surface area contributed by atoms with Crippen LogP contribution in [0, 0.1) is 5.82 Å². The molecule has 8 heteroatoms. The zero-order chi connectivity index (χ0) is 29.5. The van der Waals surface area contributed by atoms with E-state index < -0.39 is 24.6 Å². The number of rotatable bonds is 12. The lowest BCUT2D eigenvalue weighted by atomic mass is 9.94. The Bertz CT molecular complexity index is 1410. The number of nitrogens with one attached hydrogen (secondary N) is 1. The van der Waals surface area contributed by atoms with Gasteiger partial charge in [-0.1, -0.05) is 68.5 Å². The third-order valence-corrected chi connectivity index (χ3v) is 7.20. The first-order valence-electron chi connectivity index (χ1n) is 14.0. The predicted molar refractivity (Wildman–Crippen MR) is 157 cm³/mol. The lowest BCUT2D eigenvalue weighted by Crippen LogP contribution is -2.34. The summed E-state index contributed by atoms with van der Waals surface area (Å²) in [6.45, 7) is 4.30. The fourth-order valence-corrected chi connectivity index (χ4v) is 5.42. The van der Waals surface area contributed by atoms with Crippen LogP contribution in [0.5, 0.6) is 0 Å². The van der Waals surface area contributed by atoms with Gasteiger partial charge in [0.05, 0.1) is 35.9 Å². The first kappa shape index (κ1) is 30.0. The molecule has 0 bridgehead atoms. The minimum Gasteiger partial charge on any atom is -0.481 e. The lowest BCUT2D eigenvalue weighted by Gasteiger charge is -2.20. The van der Waals surface area contributed by atoms with Crippen LogP contribution in [-0.2, 0) is 11.3 Å². The van der Waals surface area contributed by atoms with Gasteiger partial charge in [-0.2, -0.15) is 0 Å². The van der Waals surface area contributed by atoms with Gasteiger partial charge in [0, 0.05) is 17.8 Å². The molecule has 0 fully saturated rings. The number of hydrogen-bond donors (Lipinski definition) is 4. The molecule has 4 rings (SSSR count). The van der Waals surface area contributed by atoms with E-state index in [1.807, 2.05) is 73.1 Å². The van der Waals surface area contributed by atoms with Crippen molar-refractivity contribution >= 4 is 11.9 Å². The van der Waals surface area contributed by atoms with Gasteiger partial charge >= 0.3 is 5.97 Å². The molecule has 0 saturated carbocycles. The normalized spacial score (nSPS) is 16.1. The Labute approximate surface area is 239 Å². The summed E-state index contributed by atoms with van der Waals surface area (Å²) >= 11 is 0. The van der Waals surface area contributed by atoms with Crippen LogP contribution in [0.1, 0.15) is 61.5 Å².